The molecule has 0 bridgehead atoms. The maximum atomic E-state index is 6.72. The highest BCUT2D eigenvalue weighted by molar-refractivity contribution is 6.26. The van der Waals surface area contributed by atoms with Crippen molar-refractivity contribution in [2.24, 2.45) is 0 Å². The number of nitrogens with zero attached hydrogens (tertiary/aromatic N) is 1. The summed E-state index contributed by atoms with van der Waals surface area (Å²) in [4.78, 5) is 2.56. The quantitative estimate of drug-likeness (QED) is 0.154. The summed E-state index contributed by atoms with van der Waals surface area (Å²) in [5, 5.41) is 9.63. The minimum Gasteiger partial charge on any atom is -0.456 e. The minimum absolute atomic E-state index is 0.572. The molecule has 0 saturated heterocycles. The molecule has 14 aromatic rings. The largest absolute Gasteiger partial charge is 0.456 e. The zero-order valence-electron chi connectivity index (χ0n) is 40.8. The Morgan fingerprint density at radius 1 is 0.253 bits per heavy atom. The van der Waals surface area contributed by atoms with Crippen LogP contribution in [0.1, 0.15) is 22.3 Å². The highest BCUT2D eigenvalue weighted by atomic mass is 16.3. The van der Waals surface area contributed by atoms with Crippen LogP contribution in [0, 0.1) is 0 Å². The molecule has 0 N–H and O–H groups in total. The van der Waals surface area contributed by atoms with Crippen molar-refractivity contribution in [3.05, 3.63) is 295 Å². The topological polar surface area (TPSA) is 16.4 Å². The summed E-state index contributed by atoms with van der Waals surface area (Å²) in [5.41, 5.74) is 21.5. The summed E-state index contributed by atoms with van der Waals surface area (Å²) >= 11 is 0. The van der Waals surface area contributed by atoms with Gasteiger partial charge in [0.25, 0.3) is 0 Å². The highest BCUT2D eigenvalue weighted by Crippen LogP contribution is 2.64. The van der Waals surface area contributed by atoms with E-state index >= 15 is 0 Å². The molecule has 2 aliphatic rings. The first kappa shape index (κ1) is 41.8. The van der Waals surface area contributed by atoms with Crippen LogP contribution in [-0.4, -0.2) is 0 Å². The van der Waals surface area contributed by atoms with E-state index in [9.17, 15) is 0 Å². The van der Waals surface area contributed by atoms with Crippen molar-refractivity contribution in [1.29, 1.82) is 0 Å². The van der Waals surface area contributed by atoms with Gasteiger partial charge in [-0.2, -0.15) is 0 Å². The number of para-hydroxylation sites is 1. The molecular weight excluding hydrogens is 907 g/mol. The summed E-state index contributed by atoms with van der Waals surface area (Å²) in [7, 11) is 0. The van der Waals surface area contributed by atoms with E-state index < -0.39 is 5.41 Å². The predicted molar refractivity (Wildman–Crippen MR) is 314 cm³/mol. The number of hydrogen-bond donors (Lipinski definition) is 0. The Labute approximate surface area is 434 Å². The van der Waals surface area contributed by atoms with Crippen molar-refractivity contribution in [2.45, 2.75) is 5.41 Å². The lowest BCUT2D eigenvalue weighted by Gasteiger charge is -2.34. The second-order valence-electron chi connectivity index (χ2n) is 20.2. The van der Waals surface area contributed by atoms with Gasteiger partial charge in [0.1, 0.15) is 11.2 Å². The molecule has 1 heterocycles. The van der Waals surface area contributed by atoms with Gasteiger partial charge in [0.15, 0.2) is 0 Å². The van der Waals surface area contributed by atoms with Gasteiger partial charge < -0.3 is 9.32 Å². The molecule has 1 spiro atoms. The van der Waals surface area contributed by atoms with Crippen molar-refractivity contribution in [2.75, 3.05) is 4.90 Å². The number of rotatable bonds is 6. The van der Waals surface area contributed by atoms with Gasteiger partial charge in [-0.3, -0.25) is 0 Å². The summed E-state index contributed by atoms with van der Waals surface area (Å²) in [6, 6.07) is 101. The molecule has 348 valence electrons. The average Bonchev–Trinajstić information content (AvgIpc) is 4.21. The maximum Gasteiger partial charge on any atom is 0.136 e. The molecule has 13 aromatic carbocycles. The minimum atomic E-state index is -0.572. The Morgan fingerprint density at radius 2 is 0.720 bits per heavy atom. The molecule has 0 amide bonds. The summed E-state index contributed by atoms with van der Waals surface area (Å²) < 4.78 is 6.72. The lowest BCUT2D eigenvalue weighted by Crippen LogP contribution is -2.26. The van der Waals surface area contributed by atoms with E-state index in [0.717, 1.165) is 61.3 Å². The zero-order chi connectivity index (χ0) is 49.2. The van der Waals surface area contributed by atoms with Crippen LogP contribution in [0.15, 0.2) is 277 Å². The van der Waals surface area contributed by atoms with Gasteiger partial charge in [-0.05, 0) is 153 Å². The first-order chi connectivity index (χ1) is 37.2. The molecule has 0 atom stereocenters. The normalized spacial score (nSPS) is 12.9. The second kappa shape index (κ2) is 16.1. The van der Waals surface area contributed by atoms with Gasteiger partial charge in [0.05, 0.1) is 11.1 Å². The molecule has 0 unspecified atom stereocenters. The van der Waals surface area contributed by atoms with Crippen molar-refractivity contribution < 1.29 is 4.42 Å². The Kier molecular flexibility index (Phi) is 8.99. The average molecular weight is 952 g/mol. The number of benzene rings is 13. The van der Waals surface area contributed by atoms with E-state index in [1.54, 1.807) is 0 Å². The smallest absolute Gasteiger partial charge is 0.136 e. The van der Waals surface area contributed by atoms with E-state index in [0.29, 0.717) is 0 Å². The van der Waals surface area contributed by atoms with Crippen molar-refractivity contribution in [1.82, 2.24) is 0 Å². The van der Waals surface area contributed by atoms with Crippen LogP contribution in [0.2, 0.25) is 0 Å². The molecule has 0 fully saturated rings. The Bertz CT molecular complexity index is 4580. The lowest BCUT2D eigenvalue weighted by molar-refractivity contribution is 0.669. The first-order valence-corrected chi connectivity index (χ1v) is 26.0. The third kappa shape index (κ3) is 5.97. The number of furan rings is 1. The van der Waals surface area contributed by atoms with Crippen molar-refractivity contribution in [3.63, 3.8) is 0 Å². The summed E-state index contributed by atoms with van der Waals surface area (Å²) in [6.45, 7) is 0. The Hall–Kier alpha value is -9.76. The van der Waals surface area contributed by atoms with Gasteiger partial charge in [-0.15, -0.1) is 0 Å². The van der Waals surface area contributed by atoms with Gasteiger partial charge >= 0.3 is 0 Å². The van der Waals surface area contributed by atoms with Gasteiger partial charge in [0, 0.05) is 27.7 Å². The predicted octanol–water partition coefficient (Wildman–Crippen LogP) is 19.9. The van der Waals surface area contributed by atoms with E-state index in [2.05, 4.69) is 278 Å². The van der Waals surface area contributed by atoms with E-state index in [-0.39, 0.29) is 0 Å². The molecule has 2 heteroatoms. The second-order valence-corrected chi connectivity index (χ2v) is 20.2. The van der Waals surface area contributed by atoms with Crippen LogP contribution in [0.5, 0.6) is 0 Å². The fourth-order valence-corrected chi connectivity index (χ4v) is 13.4. The van der Waals surface area contributed by atoms with Crippen LogP contribution in [-0.2, 0) is 5.41 Å². The molecule has 0 saturated carbocycles. The van der Waals surface area contributed by atoms with Gasteiger partial charge in [-0.1, -0.05) is 224 Å². The third-order valence-corrected chi connectivity index (χ3v) is 16.5. The molecule has 2 aliphatic carbocycles. The Balaban J connectivity index is 1.08. The van der Waals surface area contributed by atoms with Crippen molar-refractivity contribution >= 4 is 71.3 Å². The molecule has 16 rings (SSSR count). The van der Waals surface area contributed by atoms with Crippen LogP contribution in [0.25, 0.3) is 110 Å². The summed E-state index contributed by atoms with van der Waals surface area (Å²) in [5.74, 6) is 0. The number of anilines is 3. The molecule has 0 aliphatic heterocycles. The molecule has 2 nitrogen and oxygen atoms in total. The standard InChI is InChI=1S/C73H45NO/c1-3-20-46(21-4-1)50-40-38-48(42-61(50)47-22-5-2-6-23-47)74(49-39-41-55-53-26-8-7-24-51(53)52-25-9-10-27-54(52)62(55)43-49)69-45-68-63(44-64(69)59-32-19-37-71-72(59)60-31-14-18-36-70(60)75-71)58-30-13-17-35-67(58)73(68)65-33-15-11-28-56(65)57-29-12-16-34-66(57)73/h1-45H. The Morgan fingerprint density at radius 3 is 1.36 bits per heavy atom. The fraction of sp³-hybridized carbons (Fsp3) is 0.0137. The van der Waals surface area contributed by atoms with Crippen molar-refractivity contribution in [3.8, 4) is 55.6 Å². The highest BCUT2D eigenvalue weighted by Gasteiger charge is 2.52. The fourth-order valence-electron chi connectivity index (χ4n) is 13.4. The van der Waals surface area contributed by atoms with Crippen LogP contribution >= 0.6 is 0 Å². The van der Waals surface area contributed by atoms with E-state index in [1.807, 2.05) is 0 Å². The summed E-state index contributed by atoms with van der Waals surface area (Å²) in [6.07, 6.45) is 0. The third-order valence-electron chi connectivity index (χ3n) is 16.5. The van der Waals surface area contributed by atoms with Crippen LogP contribution < -0.4 is 4.90 Å². The first-order valence-electron chi connectivity index (χ1n) is 26.0. The zero-order valence-corrected chi connectivity index (χ0v) is 40.8. The lowest BCUT2D eigenvalue weighted by atomic mass is 9.70. The van der Waals surface area contributed by atoms with Gasteiger partial charge in [0.2, 0.25) is 0 Å². The molecule has 75 heavy (non-hydrogen) atoms. The molecule has 0 radical (unpaired) electrons. The number of fused-ring (bicyclic) bond motifs is 19. The monoisotopic (exact) mass is 951 g/mol. The SMILES string of the molecule is c1ccc(-c2ccc(N(c3ccc4c5ccccc5c5ccccc5c4c3)c3cc4c(cc3-c3cccc5oc6ccccc6c35)-c3ccccc3C43c4ccccc4-c4ccccc43)cc2-c2ccccc2)cc1. The van der Waals surface area contributed by atoms with Gasteiger partial charge in [-0.25, -0.2) is 0 Å². The maximum absolute atomic E-state index is 6.72. The number of hydrogen-bond acceptors (Lipinski definition) is 2. The van der Waals surface area contributed by atoms with E-state index in [4.69, 9.17) is 4.42 Å². The molecular formula is C73H45NO. The van der Waals surface area contributed by atoms with E-state index in [1.165, 1.54) is 88.0 Å². The van der Waals surface area contributed by atoms with Crippen LogP contribution in [0.3, 0.4) is 0 Å². The van der Waals surface area contributed by atoms with Crippen LogP contribution in [0.4, 0.5) is 17.1 Å². The molecule has 1 aromatic heterocycles.